The molecule has 0 aliphatic carbocycles. The number of likely N-dealkylation sites (tertiary alicyclic amines) is 1. The van der Waals surface area contributed by atoms with E-state index in [0.29, 0.717) is 31.6 Å². The summed E-state index contributed by atoms with van der Waals surface area (Å²) in [5.74, 6) is 0.00955. The van der Waals surface area contributed by atoms with Gasteiger partial charge in [-0.15, -0.1) is 0 Å². The molecule has 1 spiro atoms. The molecule has 0 radical (unpaired) electrons. The van der Waals surface area contributed by atoms with Gasteiger partial charge in [0.1, 0.15) is 0 Å². The molecule has 1 aromatic heterocycles. The van der Waals surface area contributed by atoms with Crippen molar-refractivity contribution in [3.05, 3.63) is 53.3 Å². The van der Waals surface area contributed by atoms with Gasteiger partial charge in [-0.3, -0.25) is 14.3 Å². The molecule has 3 atom stereocenters. The third-order valence-corrected chi connectivity index (χ3v) is 6.53. The van der Waals surface area contributed by atoms with Crippen molar-refractivity contribution in [1.29, 1.82) is 0 Å². The highest BCUT2D eigenvalue weighted by Gasteiger charge is 2.65. The van der Waals surface area contributed by atoms with Crippen LogP contribution in [0.3, 0.4) is 0 Å². The van der Waals surface area contributed by atoms with Crippen molar-refractivity contribution >= 4 is 11.8 Å². The minimum Gasteiger partial charge on any atom is -0.351 e. The first kappa shape index (κ1) is 17.4. The fourth-order valence-corrected chi connectivity index (χ4v) is 5.14. The maximum absolute atomic E-state index is 13.3. The fraction of sp³-hybridized carbons (Fsp3) is 0.476. The van der Waals surface area contributed by atoms with E-state index in [1.807, 2.05) is 58.7 Å². The van der Waals surface area contributed by atoms with Gasteiger partial charge in [0.15, 0.2) is 5.72 Å². The summed E-state index contributed by atoms with van der Waals surface area (Å²) in [6.45, 7) is 5.70. The summed E-state index contributed by atoms with van der Waals surface area (Å²) in [4.78, 5) is 30.0. The number of rotatable bonds is 3. The van der Waals surface area contributed by atoms with Crippen LogP contribution in [0.15, 0.2) is 36.5 Å². The smallest absolute Gasteiger partial charge is 0.257 e. The third kappa shape index (κ3) is 2.22. The zero-order valence-corrected chi connectivity index (χ0v) is 16.2. The Bertz CT molecular complexity index is 940. The summed E-state index contributed by atoms with van der Waals surface area (Å²) in [7, 11) is 0. The van der Waals surface area contributed by atoms with Gasteiger partial charge in [-0.05, 0) is 19.4 Å². The van der Waals surface area contributed by atoms with Crippen LogP contribution in [0.1, 0.15) is 47.4 Å². The average molecular weight is 380 g/mol. The molecular formula is C21H24N4O3. The molecule has 3 saturated heterocycles. The van der Waals surface area contributed by atoms with Crippen LogP contribution >= 0.6 is 0 Å². The lowest BCUT2D eigenvalue weighted by Gasteiger charge is -2.33. The Kier molecular flexibility index (Phi) is 3.84. The number of carbonyl (C=O) groups is 2. The predicted molar refractivity (Wildman–Crippen MR) is 101 cm³/mol. The number of aryl methyl sites for hydroxylation is 1. The summed E-state index contributed by atoms with van der Waals surface area (Å²) < 4.78 is 8.11. The van der Waals surface area contributed by atoms with Crippen molar-refractivity contribution in [2.24, 2.45) is 0 Å². The van der Waals surface area contributed by atoms with Gasteiger partial charge in [-0.2, -0.15) is 5.10 Å². The van der Waals surface area contributed by atoms with Gasteiger partial charge in [-0.25, -0.2) is 0 Å². The second-order valence-corrected chi connectivity index (χ2v) is 7.77. The molecule has 1 aromatic carbocycles. The summed E-state index contributed by atoms with van der Waals surface area (Å²) in [5, 5.41) is 4.30. The van der Waals surface area contributed by atoms with Crippen LogP contribution in [0.2, 0.25) is 0 Å². The first-order valence-corrected chi connectivity index (χ1v) is 9.91. The topological polar surface area (TPSA) is 67.7 Å². The molecule has 4 heterocycles. The van der Waals surface area contributed by atoms with Crippen LogP contribution in [-0.2, 0) is 16.1 Å². The van der Waals surface area contributed by atoms with Crippen LogP contribution in [0.25, 0.3) is 0 Å². The predicted octanol–water partition coefficient (Wildman–Crippen LogP) is 2.13. The zero-order chi connectivity index (χ0) is 19.5. The Labute approximate surface area is 163 Å². The Morgan fingerprint density at radius 3 is 2.82 bits per heavy atom. The Balaban J connectivity index is 1.46. The van der Waals surface area contributed by atoms with E-state index in [0.717, 1.165) is 17.8 Å². The molecule has 3 aliphatic rings. The van der Waals surface area contributed by atoms with Crippen LogP contribution in [0.4, 0.5) is 0 Å². The van der Waals surface area contributed by atoms with Crippen molar-refractivity contribution in [3.8, 4) is 0 Å². The molecule has 0 bridgehead atoms. The van der Waals surface area contributed by atoms with Crippen LogP contribution in [0.5, 0.6) is 0 Å². The standard InChI is InChI=1S/C21H24N4O3/c1-3-24-14(2)16(12-22-24)20(27)23-10-9-21-18(23)11-19(26)25(21)17(13-28-21)15-7-5-4-6-8-15/h4-8,12,17-18H,3,9-11,13H2,1-2H3/t17-,18+,21-/m0/s1. The van der Waals surface area contributed by atoms with Crippen molar-refractivity contribution < 1.29 is 14.3 Å². The normalized spacial score (nSPS) is 28.7. The molecule has 5 rings (SSSR count). The quantitative estimate of drug-likeness (QED) is 0.818. The highest BCUT2D eigenvalue weighted by Crippen LogP contribution is 2.51. The summed E-state index contributed by atoms with van der Waals surface area (Å²) in [6.07, 6.45) is 2.61. The van der Waals surface area contributed by atoms with Crippen molar-refractivity contribution in [3.63, 3.8) is 0 Å². The number of hydrogen-bond donors (Lipinski definition) is 0. The molecule has 0 N–H and O–H groups in total. The highest BCUT2D eigenvalue weighted by molar-refractivity contribution is 5.96. The first-order chi connectivity index (χ1) is 13.6. The molecule has 7 nitrogen and oxygen atoms in total. The lowest BCUT2D eigenvalue weighted by atomic mass is 10.0. The lowest BCUT2D eigenvalue weighted by Crippen LogP contribution is -2.49. The SMILES string of the molecule is CCn1ncc(C(=O)N2CC[C@@]34OC[C@@H](c5ccccc5)N3C(=O)C[C@@H]24)c1C. The largest absolute Gasteiger partial charge is 0.351 e. The third-order valence-electron chi connectivity index (χ3n) is 6.53. The number of aromatic nitrogens is 2. The molecule has 2 aromatic rings. The Morgan fingerprint density at radius 1 is 1.32 bits per heavy atom. The van der Waals surface area contributed by atoms with Gasteiger partial charge >= 0.3 is 0 Å². The van der Waals surface area contributed by atoms with Crippen LogP contribution < -0.4 is 0 Å². The Hall–Kier alpha value is -2.67. The molecular weight excluding hydrogens is 356 g/mol. The number of hydrogen-bond acceptors (Lipinski definition) is 4. The monoisotopic (exact) mass is 380 g/mol. The number of carbonyl (C=O) groups excluding carboxylic acids is 2. The lowest BCUT2D eigenvalue weighted by molar-refractivity contribution is -0.138. The van der Waals surface area contributed by atoms with E-state index in [9.17, 15) is 9.59 Å². The summed E-state index contributed by atoms with van der Waals surface area (Å²) in [5.41, 5.74) is 1.87. The minimum atomic E-state index is -0.693. The van der Waals surface area contributed by atoms with Gasteiger partial charge in [0.2, 0.25) is 5.91 Å². The Morgan fingerprint density at radius 2 is 2.11 bits per heavy atom. The van der Waals surface area contributed by atoms with Crippen molar-refractivity contribution in [1.82, 2.24) is 19.6 Å². The number of nitrogens with zero attached hydrogens (tertiary/aromatic N) is 4. The van der Waals surface area contributed by atoms with Crippen LogP contribution in [0, 0.1) is 6.92 Å². The molecule has 3 fully saturated rings. The average Bonchev–Trinajstić information content (AvgIpc) is 3.43. The molecule has 2 amide bonds. The van der Waals surface area contributed by atoms with Gasteiger partial charge in [-0.1, -0.05) is 30.3 Å². The second kappa shape index (κ2) is 6.17. The number of benzene rings is 1. The van der Waals surface area contributed by atoms with Gasteiger partial charge < -0.3 is 14.5 Å². The van der Waals surface area contributed by atoms with E-state index in [4.69, 9.17) is 4.74 Å². The summed E-state index contributed by atoms with van der Waals surface area (Å²) in [6, 6.07) is 9.68. The maximum Gasteiger partial charge on any atom is 0.257 e. The van der Waals surface area contributed by atoms with E-state index in [1.54, 1.807) is 6.20 Å². The summed E-state index contributed by atoms with van der Waals surface area (Å²) >= 11 is 0. The minimum absolute atomic E-state index is 0.0551. The van der Waals surface area contributed by atoms with E-state index >= 15 is 0 Å². The van der Waals surface area contributed by atoms with E-state index in [2.05, 4.69) is 5.10 Å². The molecule has 3 aliphatic heterocycles. The van der Waals surface area contributed by atoms with Crippen LogP contribution in [-0.4, -0.2) is 56.3 Å². The fourth-order valence-electron chi connectivity index (χ4n) is 5.14. The zero-order valence-electron chi connectivity index (χ0n) is 16.2. The number of ether oxygens (including phenoxy) is 1. The van der Waals surface area contributed by atoms with E-state index < -0.39 is 5.72 Å². The molecule has 7 heteroatoms. The van der Waals surface area contributed by atoms with Gasteiger partial charge in [0, 0.05) is 25.2 Å². The van der Waals surface area contributed by atoms with E-state index in [1.165, 1.54) is 0 Å². The van der Waals surface area contributed by atoms with Gasteiger partial charge in [0.05, 0.1) is 36.9 Å². The molecule has 146 valence electrons. The van der Waals surface area contributed by atoms with Gasteiger partial charge in [0.25, 0.3) is 5.91 Å². The highest BCUT2D eigenvalue weighted by atomic mass is 16.5. The first-order valence-electron chi connectivity index (χ1n) is 9.91. The second-order valence-electron chi connectivity index (χ2n) is 7.77. The number of amides is 2. The molecule has 28 heavy (non-hydrogen) atoms. The van der Waals surface area contributed by atoms with Crippen molar-refractivity contribution in [2.75, 3.05) is 13.2 Å². The molecule has 0 saturated carbocycles. The van der Waals surface area contributed by atoms with E-state index in [-0.39, 0.29) is 23.9 Å². The molecule has 0 unspecified atom stereocenters. The van der Waals surface area contributed by atoms with Crippen molar-refractivity contribution in [2.45, 2.75) is 51.0 Å². The maximum atomic E-state index is 13.3.